The van der Waals surface area contributed by atoms with Crippen molar-refractivity contribution in [3.8, 4) is 5.75 Å². The summed E-state index contributed by atoms with van der Waals surface area (Å²) in [5.74, 6) is -2.54. The van der Waals surface area contributed by atoms with Crippen LogP contribution in [0.2, 0.25) is 5.02 Å². The summed E-state index contributed by atoms with van der Waals surface area (Å²) in [6.45, 7) is -0.510. The van der Waals surface area contributed by atoms with Crippen molar-refractivity contribution in [3.63, 3.8) is 0 Å². The Hall–Kier alpha value is -2.23. The van der Waals surface area contributed by atoms with Crippen molar-refractivity contribution < 1.29 is 23.1 Å². The molecule has 0 bridgehead atoms. The Balaban J connectivity index is 1.58. The van der Waals surface area contributed by atoms with Gasteiger partial charge in [0.05, 0.1) is 5.02 Å². The van der Waals surface area contributed by atoms with Gasteiger partial charge in [-0.05, 0) is 36.4 Å². The number of carbonyl (C=O) groups is 2. The fourth-order valence-corrected chi connectivity index (χ4v) is 3.91. The Bertz CT molecular complexity index is 1040. The molecule has 0 aliphatic heterocycles. The molecule has 1 aromatic heterocycles. The lowest BCUT2D eigenvalue weighted by Crippen LogP contribution is -2.43. The van der Waals surface area contributed by atoms with Crippen molar-refractivity contribution in [1.29, 1.82) is 0 Å². The summed E-state index contributed by atoms with van der Waals surface area (Å²) in [5.41, 5.74) is 4.33. The first kappa shape index (κ1) is 19.5. The minimum atomic E-state index is -0.700. The third-order valence-corrected chi connectivity index (χ3v) is 5.52. The highest BCUT2D eigenvalue weighted by atomic mass is 79.9. The molecule has 0 aliphatic rings. The first-order valence-electron chi connectivity index (χ1n) is 7.39. The molecule has 2 aromatic carbocycles. The van der Waals surface area contributed by atoms with Crippen LogP contribution >= 0.6 is 38.9 Å². The van der Waals surface area contributed by atoms with Gasteiger partial charge in [-0.15, -0.1) is 11.3 Å². The Morgan fingerprint density at radius 2 is 1.93 bits per heavy atom. The fourth-order valence-electron chi connectivity index (χ4n) is 2.14. The van der Waals surface area contributed by atoms with Gasteiger partial charge in [0.25, 0.3) is 11.8 Å². The van der Waals surface area contributed by atoms with Gasteiger partial charge in [-0.25, -0.2) is 8.78 Å². The molecule has 2 N–H and O–H groups in total. The van der Waals surface area contributed by atoms with E-state index in [2.05, 4.69) is 26.8 Å². The second kappa shape index (κ2) is 8.20. The standard InChI is InChI=1S/C17H10BrClF2N2O3S/c18-8-1-4-12(11(21)5-8)26-7-14(24)22-23-17(25)16-15(19)10-3-2-9(20)6-13(10)27-16/h1-6H,7H2,(H,22,24)(H,23,25). The smallest absolute Gasteiger partial charge is 0.281 e. The van der Waals surface area contributed by atoms with E-state index in [0.717, 1.165) is 11.3 Å². The molecular formula is C17H10BrClF2N2O3S. The van der Waals surface area contributed by atoms with Crippen molar-refractivity contribution in [1.82, 2.24) is 10.9 Å². The van der Waals surface area contributed by atoms with Crippen LogP contribution < -0.4 is 15.6 Å². The SMILES string of the molecule is O=C(COc1ccc(Br)cc1F)NNC(=O)c1sc2cc(F)ccc2c1Cl. The molecule has 27 heavy (non-hydrogen) atoms. The van der Waals surface area contributed by atoms with Crippen LogP contribution in [0.4, 0.5) is 8.78 Å². The van der Waals surface area contributed by atoms with Gasteiger partial charge in [0.15, 0.2) is 18.2 Å². The first-order chi connectivity index (χ1) is 12.8. The average molecular weight is 476 g/mol. The zero-order valence-corrected chi connectivity index (χ0v) is 16.5. The van der Waals surface area contributed by atoms with Crippen LogP contribution in [0, 0.1) is 11.6 Å². The molecule has 10 heteroatoms. The molecule has 0 spiro atoms. The van der Waals surface area contributed by atoms with E-state index in [4.69, 9.17) is 16.3 Å². The number of hydrogen-bond acceptors (Lipinski definition) is 4. The molecule has 0 aliphatic carbocycles. The van der Waals surface area contributed by atoms with Gasteiger partial charge in [0.2, 0.25) is 0 Å². The predicted molar refractivity (Wildman–Crippen MR) is 102 cm³/mol. The monoisotopic (exact) mass is 474 g/mol. The Labute approximate surface area is 169 Å². The van der Waals surface area contributed by atoms with Crippen LogP contribution in [0.15, 0.2) is 40.9 Å². The second-order valence-electron chi connectivity index (χ2n) is 5.25. The maximum atomic E-state index is 13.6. The minimum absolute atomic E-state index is 0.103. The molecule has 0 saturated heterocycles. The van der Waals surface area contributed by atoms with Crippen molar-refractivity contribution in [2.45, 2.75) is 0 Å². The minimum Gasteiger partial charge on any atom is -0.481 e. The molecule has 3 aromatic rings. The van der Waals surface area contributed by atoms with Gasteiger partial charge < -0.3 is 4.74 Å². The van der Waals surface area contributed by atoms with Crippen molar-refractivity contribution in [2.24, 2.45) is 0 Å². The maximum absolute atomic E-state index is 13.6. The van der Waals surface area contributed by atoms with Crippen LogP contribution in [0.3, 0.4) is 0 Å². The highest BCUT2D eigenvalue weighted by Gasteiger charge is 2.18. The molecule has 0 saturated carbocycles. The van der Waals surface area contributed by atoms with Gasteiger partial charge in [-0.3, -0.25) is 20.4 Å². The summed E-state index contributed by atoms with van der Waals surface area (Å²) in [6, 6.07) is 8.09. The summed E-state index contributed by atoms with van der Waals surface area (Å²) in [6.07, 6.45) is 0. The zero-order chi connectivity index (χ0) is 19.6. The summed E-state index contributed by atoms with van der Waals surface area (Å²) < 4.78 is 33.0. The fraction of sp³-hybridized carbons (Fsp3) is 0.0588. The number of hydrazine groups is 1. The number of hydrogen-bond donors (Lipinski definition) is 2. The van der Waals surface area contributed by atoms with Gasteiger partial charge in [0.1, 0.15) is 10.7 Å². The summed E-state index contributed by atoms with van der Waals surface area (Å²) >= 11 is 10.2. The summed E-state index contributed by atoms with van der Waals surface area (Å²) in [7, 11) is 0. The number of rotatable bonds is 4. The van der Waals surface area contributed by atoms with Crippen molar-refractivity contribution in [3.05, 3.63) is 62.4 Å². The summed E-state index contributed by atoms with van der Waals surface area (Å²) in [5, 5.41) is 0.698. The van der Waals surface area contributed by atoms with E-state index in [9.17, 15) is 18.4 Å². The number of thiophene rings is 1. The lowest BCUT2D eigenvalue weighted by atomic mass is 10.2. The average Bonchev–Trinajstić information content (AvgIpc) is 2.95. The van der Waals surface area contributed by atoms with E-state index in [1.54, 1.807) is 6.07 Å². The Kier molecular flexibility index (Phi) is 5.93. The van der Waals surface area contributed by atoms with E-state index in [1.807, 2.05) is 0 Å². The molecule has 0 fully saturated rings. The number of halogens is 4. The van der Waals surface area contributed by atoms with Crippen LogP contribution in [0.5, 0.6) is 5.75 Å². The molecule has 0 atom stereocenters. The topological polar surface area (TPSA) is 67.4 Å². The third-order valence-electron chi connectivity index (χ3n) is 3.37. The molecule has 2 amide bonds. The molecule has 0 unspecified atom stereocenters. The van der Waals surface area contributed by atoms with Gasteiger partial charge in [-0.1, -0.05) is 27.5 Å². The number of carbonyl (C=O) groups excluding carboxylic acids is 2. The lowest BCUT2D eigenvalue weighted by Gasteiger charge is -2.09. The Morgan fingerprint density at radius 3 is 2.67 bits per heavy atom. The van der Waals surface area contributed by atoms with E-state index >= 15 is 0 Å². The van der Waals surface area contributed by atoms with Crippen LogP contribution in [0.25, 0.3) is 10.1 Å². The van der Waals surface area contributed by atoms with Crippen molar-refractivity contribution >= 4 is 60.8 Å². The highest BCUT2D eigenvalue weighted by Crippen LogP contribution is 2.35. The number of ether oxygens (including phenoxy) is 1. The number of fused-ring (bicyclic) bond motifs is 1. The summed E-state index contributed by atoms with van der Waals surface area (Å²) in [4.78, 5) is 24.1. The molecule has 0 radical (unpaired) electrons. The van der Waals surface area contributed by atoms with Crippen molar-refractivity contribution in [2.75, 3.05) is 6.61 Å². The zero-order valence-electron chi connectivity index (χ0n) is 13.3. The van der Waals surface area contributed by atoms with Gasteiger partial charge in [0, 0.05) is 14.6 Å². The van der Waals surface area contributed by atoms with Crippen LogP contribution in [0.1, 0.15) is 9.67 Å². The van der Waals surface area contributed by atoms with E-state index in [0.29, 0.717) is 14.6 Å². The second-order valence-corrected chi connectivity index (χ2v) is 7.60. The number of amides is 2. The highest BCUT2D eigenvalue weighted by molar-refractivity contribution is 9.10. The number of nitrogens with one attached hydrogen (secondary N) is 2. The molecule has 1 heterocycles. The number of benzene rings is 2. The van der Waals surface area contributed by atoms with Crippen LogP contribution in [-0.4, -0.2) is 18.4 Å². The van der Waals surface area contributed by atoms with Gasteiger partial charge >= 0.3 is 0 Å². The molecular weight excluding hydrogens is 466 g/mol. The maximum Gasteiger partial charge on any atom is 0.281 e. The molecule has 3 rings (SSSR count). The quantitative estimate of drug-likeness (QED) is 0.549. The third kappa shape index (κ3) is 4.55. The largest absolute Gasteiger partial charge is 0.481 e. The van der Waals surface area contributed by atoms with E-state index in [1.165, 1.54) is 30.3 Å². The van der Waals surface area contributed by atoms with Gasteiger partial charge in [-0.2, -0.15) is 0 Å². The predicted octanol–water partition coefficient (Wildman–Crippen LogP) is 4.44. The van der Waals surface area contributed by atoms with E-state index < -0.39 is 30.1 Å². The Morgan fingerprint density at radius 1 is 1.15 bits per heavy atom. The first-order valence-corrected chi connectivity index (χ1v) is 9.38. The molecule has 5 nitrogen and oxygen atoms in total. The van der Waals surface area contributed by atoms with Crippen LogP contribution in [-0.2, 0) is 4.79 Å². The lowest BCUT2D eigenvalue weighted by molar-refractivity contribution is -0.123. The van der Waals surface area contributed by atoms with E-state index in [-0.39, 0.29) is 15.6 Å². The molecule has 140 valence electrons. The normalized spacial score (nSPS) is 10.7.